The molecule has 2 rings (SSSR count). The molecule has 1 aromatic heterocycles. The molecule has 68 valence electrons. The van der Waals surface area contributed by atoms with Crippen molar-refractivity contribution in [1.29, 1.82) is 0 Å². The molecule has 0 spiro atoms. The fourth-order valence-electron chi connectivity index (χ4n) is 1.70. The molecule has 3 heteroatoms. The molecule has 2 N–H and O–H groups in total. The summed E-state index contributed by atoms with van der Waals surface area (Å²) in [6.45, 7) is 2.10. The summed E-state index contributed by atoms with van der Waals surface area (Å²) >= 11 is 0. The highest BCUT2D eigenvalue weighted by molar-refractivity contribution is 5.91. The molecule has 1 aromatic carbocycles. The minimum absolute atomic E-state index is 0.798. The van der Waals surface area contributed by atoms with E-state index in [4.69, 9.17) is 5.73 Å². The van der Waals surface area contributed by atoms with Gasteiger partial charge in [-0.15, -0.1) is 0 Å². The number of nitrogen functional groups attached to an aromatic ring is 1. The van der Waals surface area contributed by atoms with Crippen molar-refractivity contribution >= 4 is 16.6 Å². The van der Waals surface area contributed by atoms with E-state index in [2.05, 4.69) is 18.1 Å². The molecule has 0 atom stereocenters. The molecule has 0 amide bonds. The first-order valence-electron chi connectivity index (χ1n) is 4.44. The number of aryl methyl sites for hydroxylation is 2. The van der Waals surface area contributed by atoms with E-state index < -0.39 is 0 Å². The van der Waals surface area contributed by atoms with Crippen LogP contribution in [0.15, 0.2) is 18.2 Å². The van der Waals surface area contributed by atoms with Crippen LogP contribution < -0.4 is 5.73 Å². The summed E-state index contributed by atoms with van der Waals surface area (Å²) in [6, 6.07) is 5.94. The van der Waals surface area contributed by atoms with Gasteiger partial charge < -0.3 is 5.73 Å². The normalized spacial score (nSPS) is 10.9. The van der Waals surface area contributed by atoms with E-state index in [9.17, 15) is 0 Å². The number of nitrogens with two attached hydrogens (primary N) is 1. The first-order chi connectivity index (χ1) is 6.24. The number of anilines is 1. The standard InChI is InChI=1S/C10H13N3/c1-3-9-7-5-4-6-8(11)10(7)13(2)12-9/h4-6H,3,11H2,1-2H3. The Balaban J connectivity index is 2.87. The molecular weight excluding hydrogens is 162 g/mol. The monoisotopic (exact) mass is 175 g/mol. The summed E-state index contributed by atoms with van der Waals surface area (Å²) < 4.78 is 1.85. The number of fused-ring (bicyclic) bond motifs is 1. The zero-order chi connectivity index (χ0) is 9.42. The van der Waals surface area contributed by atoms with Crippen LogP contribution in [0.3, 0.4) is 0 Å². The lowest BCUT2D eigenvalue weighted by Crippen LogP contribution is -1.94. The van der Waals surface area contributed by atoms with E-state index >= 15 is 0 Å². The van der Waals surface area contributed by atoms with Crippen molar-refractivity contribution < 1.29 is 0 Å². The Morgan fingerprint density at radius 1 is 1.46 bits per heavy atom. The Labute approximate surface area is 77.2 Å². The van der Waals surface area contributed by atoms with Crippen LogP contribution in [0.1, 0.15) is 12.6 Å². The Bertz CT molecular complexity index is 443. The van der Waals surface area contributed by atoms with Gasteiger partial charge in [-0.3, -0.25) is 4.68 Å². The van der Waals surface area contributed by atoms with Crippen LogP contribution in [0.25, 0.3) is 10.9 Å². The molecule has 0 aliphatic carbocycles. The third-order valence-corrected chi connectivity index (χ3v) is 2.31. The van der Waals surface area contributed by atoms with Crippen molar-refractivity contribution in [3.63, 3.8) is 0 Å². The van der Waals surface area contributed by atoms with E-state index in [1.807, 2.05) is 23.9 Å². The SMILES string of the molecule is CCc1nn(C)c2c(N)cccc12. The minimum Gasteiger partial charge on any atom is -0.397 e. The second-order valence-corrected chi connectivity index (χ2v) is 3.17. The second-order valence-electron chi connectivity index (χ2n) is 3.17. The Hall–Kier alpha value is -1.51. The maximum Gasteiger partial charge on any atom is 0.0911 e. The van der Waals surface area contributed by atoms with Crippen molar-refractivity contribution in [3.8, 4) is 0 Å². The highest BCUT2D eigenvalue weighted by atomic mass is 15.3. The average Bonchev–Trinajstić information content (AvgIpc) is 2.44. The van der Waals surface area contributed by atoms with Crippen LogP contribution in [0.5, 0.6) is 0 Å². The van der Waals surface area contributed by atoms with Crippen LogP contribution >= 0.6 is 0 Å². The Kier molecular flexibility index (Phi) is 1.72. The summed E-state index contributed by atoms with van der Waals surface area (Å²) in [5.41, 5.74) is 8.82. The number of benzene rings is 1. The quantitative estimate of drug-likeness (QED) is 0.670. The fraction of sp³-hybridized carbons (Fsp3) is 0.300. The predicted molar refractivity (Wildman–Crippen MR) is 54.5 cm³/mol. The van der Waals surface area contributed by atoms with Crippen molar-refractivity contribution in [2.75, 3.05) is 5.73 Å². The van der Waals surface area contributed by atoms with Gasteiger partial charge >= 0.3 is 0 Å². The molecule has 13 heavy (non-hydrogen) atoms. The van der Waals surface area contributed by atoms with Gasteiger partial charge in [0.05, 0.1) is 16.9 Å². The summed E-state index contributed by atoms with van der Waals surface area (Å²) in [6.07, 6.45) is 0.945. The van der Waals surface area contributed by atoms with Crippen LogP contribution in [-0.4, -0.2) is 9.78 Å². The van der Waals surface area contributed by atoms with Crippen LogP contribution in [0, 0.1) is 0 Å². The molecule has 0 saturated carbocycles. The summed E-state index contributed by atoms with van der Waals surface area (Å²) in [7, 11) is 1.93. The maximum absolute atomic E-state index is 5.86. The first-order valence-corrected chi connectivity index (χ1v) is 4.44. The number of hydrogen-bond acceptors (Lipinski definition) is 2. The lowest BCUT2D eigenvalue weighted by Gasteiger charge is -1.97. The Morgan fingerprint density at radius 2 is 2.23 bits per heavy atom. The highest BCUT2D eigenvalue weighted by Gasteiger charge is 2.07. The molecule has 2 aromatic rings. The number of aromatic nitrogens is 2. The molecule has 3 nitrogen and oxygen atoms in total. The maximum atomic E-state index is 5.86. The fourth-order valence-corrected chi connectivity index (χ4v) is 1.70. The van der Waals surface area contributed by atoms with Gasteiger partial charge in [0.15, 0.2) is 0 Å². The minimum atomic E-state index is 0.798. The van der Waals surface area contributed by atoms with Gasteiger partial charge in [-0.1, -0.05) is 19.1 Å². The van der Waals surface area contributed by atoms with Crippen LogP contribution in [0.2, 0.25) is 0 Å². The van der Waals surface area contributed by atoms with Crippen LogP contribution in [-0.2, 0) is 13.5 Å². The van der Waals surface area contributed by atoms with Gasteiger partial charge in [0.1, 0.15) is 0 Å². The van der Waals surface area contributed by atoms with E-state index in [1.54, 1.807) is 0 Å². The average molecular weight is 175 g/mol. The topological polar surface area (TPSA) is 43.8 Å². The van der Waals surface area contributed by atoms with Gasteiger partial charge in [0, 0.05) is 12.4 Å². The van der Waals surface area contributed by atoms with Gasteiger partial charge in [0.2, 0.25) is 0 Å². The third-order valence-electron chi connectivity index (χ3n) is 2.31. The Morgan fingerprint density at radius 3 is 2.92 bits per heavy atom. The van der Waals surface area contributed by atoms with E-state index in [0.717, 1.165) is 23.3 Å². The smallest absolute Gasteiger partial charge is 0.0911 e. The van der Waals surface area contributed by atoms with Crippen molar-refractivity contribution in [2.45, 2.75) is 13.3 Å². The largest absolute Gasteiger partial charge is 0.397 e. The summed E-state index contributed by atoms with van der Waals surface area (Å²) in [4.78, 5) is 0. The molecular formula is C10H13N3. The molecule has 0 aliphatic heterocycles. The van der Waals surface area contributed by atoms with Gasteiger partial charge in [-0.2, -0.15) is 5.10 Å². The van der Waals surface area contributed by atoms with E-state index in [1.165, 1.54) is 5.39 Å². The van der Waals surface area contributed by atoms with Gasteiger partial charge in [-0.05, 0) is 12.5 Å². The molecule has 0 radical (unpaired) electrons. The molecule has 0 aliphatic rings. The van der Waals surface area contributed by atoms with Crippen molar-refractivity contribution in [3.05, 3.63) is 23.9 Å². The molecule has 1 heterocycles. The zero-order valence-corrected chi connectivity index (χ0v) is 7.91. The lowest BCUT2D eigenvalue weighted by molar-refractivity contribution is 0.771. The molecule has 0 bridgehead atoms. The lowest BCUT2D eigenvalue weighted by atomic mass is 10.1. The zero-order valence-electron chi connectivity index (χ0n) is 7.91. The third kappa shape index (κ3) is 1.08. The number of rotatable bonds is 1. The predicted octanol–water partition coefficient (Wildman–Crippen LogP) is 1.72. The molecule has 0 saturated heterocycles. The molecule has 0 fully saturated rings. The van der Waals surface area contributed by atoms with E-state index in [-0.39, 0.29) is 0 Å². The summed E-state index contributed by atoms with van der Waals surface area (Å²) in [5.74, 6) is 0. The number of nitrogens with zero attached hydrogens (tertiary/aromatic N) is 2. The van der Waals surface area contributed by atoms with Gasteiger partial charge in [-0.25, -0.2) is 0 Å². The second kappa shape index (κ2) is 2.76. The van der Waals surface area contributed by atoms with Gasteiger partial charge in [0.25, 0.3) is 0 Å². The molecule has 0 unspecified atom stereocenters. The number of hydrogen-bond donors (Lipinski definition) is 1. The van der Waals surface area contributed by atoms with Crippen molar-refractivity contribution in [1.82, 2.24) is 9.78 Å². The van der Waals surface area contributed by atoms with Crippen molar-refractivity contribution in [2.24, 2.45) is 7.05 Å². The summed E-state index contributed by atoms with van der Waals surface area (Å²) in [5, 5.41) is 5.58. The number of para-hydroxylation sites is 1. The van der Waals surface area contributed by atoms with E-state index in [0.29, 0.717) is 0 Å². The first kappa shape index (κ1) is 8.10. The highest BCUT2D eigenvalue weighted by Crippen LogP contribution is 2.23. The van der Waals surface area contributed by atoms with Crippen LogP contribution in [0.4, 0.5) is 5.69 Å².